The molecule has 0 aromatic heterocycles. The maximum atomic E-state index is 11.7. The van der Waals surface area contributed by atoms with Crippen molar-refractivity contribution in [3.05, 3.63) is 0 Å². The SMILES string of the molecule is CCOC(=O)CCCNC(=NC)NCC(=O)NC(C)(C)C. The molecule has 3 N–H and O–H groups in total. The largest absolute Gasteiger partial charge is 0.466 e. The van der Waals surface area contributed by atoms with Crippen molar-refractivity contribution >= 4 is 17.8 Å². The summed E-state index contributed by atoms with van der Waals surface area (Å²) < 4.78 is 4.84. The lowest BCUT2D eigenvalue weighted by Crippen LogP contribution is -2.48. The smallest absolute Gasteiger partial charge is 0.305 e. The van der Waals surface area contributed by atoms with Crippen LogP contribution in [0.15, 0.2) is 4.99 Å². The molecule has 7 nitrogen and oxygen atoms in total. The number of carbonyl (C=O) groups excluding carboxylic acids is 2. The third kappa shape index (κ3) is 11.7. The molecule has 0 aliphatic carbocycles. The summed E-state index contributed by atoms with van der Waals surface area (Å²) in [6.07, 6.45) is 1.01. The average molecular weight is 300 g/mol. The molecule has 0 aromatic carbocycles. The molecule has 1 amide bonds. The van der Waals surface area contributed by atoms with Gasteiger partial charge in [-0.2, -0.15) is 0 Å². The summed E-state index contributed by atoms with van der Waals surface area (Å²) in [6, 6.07) is 0. The summed E-state index contributed by atoms with van der Waals surface area (Å²) in [6.45, 7) is 8.69. The van der Waals surface area contributed by atoms with E-state index in [-0.39, 0.29) is 24.0 Å². The van der Waals surface area contributed by atoms with Gasteiger partial charge in [-0.05, 0) is 34.1 Å². The van der Waals surface area contributed by atoms with Gasteiger partial charge in [-0.25, -0.2) is 0 Å². The Morgan fingerprint density at radius 1 is 1.19 bits per heavy atom. The van der Waals surface area contributed by atoms with Crippen molar-refractivity contribution in [3.8, 4) is 0 Å². The van der Waals surface area contributed by atoms with Gasteiger partial charge in [0.25, 0.3) is 0 Å². The lowest BCUT2D eigenvalue weighted by molar-refractivity contribution is -0.143. The Morgan fingerprint density at radius 3 is 2.38 bits per heavy atom. The quantitative estimate of drug-likeness (QED) is 0.274. The Labute approximate surface area is 126 Å². The highest BCUT2D eigenvalue weighted by atomic mass is 16.5. The van der Waals surface area contributed by atoms with E-state index in [9.17, 15) is 9.59 Å². The van der Waals surface area contributed by atoms with Crippen molar-refractivity contribution in [3.63, 3.8) is 0 Å². The van der Waals surface area contributed by atoms with E-state index in [2.05, 4.69) is 20.9 Å². The topological polar surface area (TPSA) is 91.8 Å². The minimum atomic E-state index is -0.255. The van der Waals surface area contributed by atoms with E-state index in [1.807, 2.05) is 20.8 Å². The molecule has 122 valence electrons. The molecule has 0 heterocycles. The third-order valence-electron chi connectivity index (χ3n) is 2.31. The highest BCUT2D eigenvalue weighted by molar-refractivity contribution is 5.86. The van der Waals surface area contributed by atoms with E-state index >= 15 is 0 Å². The minimum Gasteiger partial charge on any atom is -0.466 e. The highest BCUT2D eigenvalue weighted by Gasteiger charge is 2.13. The number of guanidine groups is 1. The van der Waals surface area contributed by atoms with Gasteiger partial charge >= 0.3 is 5.97 Å². The third-order valence-corrected chi connectivity index (χ3v) is 2.31. The molecule has 0 aromatic rings. The number of hydrogen-bond donors (Lipinski definition) is 3. The van der Waals surface area contributed by atoms with Crippen molar-refractivity contribution in [2.75, 3.05) is 26.7 Å². The van der Waals surface area contributed by atoms with Gasteiger partial charge in [-0.15, -0.1) is 0 Å². The molecule has 0 saturated carbocycles. The summed E-state index contributed by atoms with van der Waals surface area (Å²) in [4.78, 5) is 26.8. The van der Waals surface area contributed by atoms with E-state index in [0.717, 1.165) is 0 Å². The molecule has 0 rings (SSSR count). The predicted octanol–water partition coefficient (Wildman–Crippen LogP) is 0.409. The summed E-state index contributed by atoms with van der Waals surface area (Å²) >= 11 is 0. The van der Waals surface area contributed by atoms with E-state index < -0.39 is 0 Å². The number of amides is 1. The van der Waals surface area contributed by atoms with Gasteiger partial charge in [0.2, 0.25) is 5.91 Å². The summed E-state index contributed by atoms with van der Waals surface area (Å²) in [5, 5.41) is 8.80. The van der Waals surface area contributed by atoms with E-state index in [1.54, 1.807) is 14.0 Å². The number of esters is 1. The fourth-order valence-electron chi connectivity index (χ4n) is 1.52. The second-order valence-electron chi connectivity index (χ2n) is 5.56. The van der Waals surface area contributed by atoms with Crippen LogP contribution in [0.3, 0.4) is 0 Å². The molecule has 21 heavy (non-hydrogen) atoms. The summed E-state index contributed by atoms with van der Waals surface area (Å²) in [7, 11) is 1.63. The number of hydrogen-bond acceptors (Lipinski definition) is 4. The van der Waals surface area contributed by atoms with Crippen LogP contribution in [0.1, 0.15) is 40.5 Å². The van der Waals surface area contributed by atoms with Crippen LogP contribution in [0, 0.1) is 0 Å². The van der Waals surface area contributed by atoms with E-state index in [0.29, 0.717) is 32.0 Å². The van der Waals surface area contributed by atoms with Gasteiger partial charge in [0.1, 0.15) is 0 Å². The minimum absolute atomic E-state index is 0.100. The van der Waals surface area contributed by atoms with Crippen LogP contribution in [0.25, 0.3) is 0 Å². The highest BCUT2D eigenvalue weighted by Crippen LogP contribution is 1.97. The molecule has 0 radical (unpaired) electrons. The Bertz CT molecular complexity index is 362. The average Bonchev–Trinajstić information content (AvgIpc) is 2.36. The Balaban J connectivity index is 3.87. The number of carbonyl (C=O) groups is 2. The Kier molecular flexibility index (Phi) is 9.16. The van der Waals surface area contributed by atoms with Crippen LogP contribution in [0.4, 0.5) is 0 Å². The maximum absolute atomic E-state index is 11.7. The lowest BCUT2D eigenvalue weighted by Gasteiger charge is -2.21. The zero-order chi connectivity index (χ0) is 16.3. The van der Waals surface area contributed by atoms with Crippen molar-refractivity contribution < 1.29 is 14.3 Å². The number of aliphatic imine (C=N–C) groups is 1. The molecule has 7 heteroatoms. The number of nitrogens with zero attached hydrogens (tertiary/aromatic N) is 1. The summed E-state index contributed by atoms with van der Waals surface area (Å²) in [5.74, 6) is 0.228. The summed E-state index contributed by atoms with van der Waals surface area (Å²) in [5.41, 5.74) is -0.255. The van der Waals surface area contributed by atoms with E-state index in [1.165, 1.54) is 0 Å². The normalized spacial score (nSPS) is 11.8. The number of ether oxygens (including phenoxy) is 1. The van der Waals surface area contributed by atoms with Gasteiger partial charge in [-0.1, -0.05) is 0 Å². The first kappa shape index (κ1) is 19.2. The van der Waals surface area contributed by atoms with Crippen molar-refractivity contribution in [2.45, 2.75) is 46.1 Å². The number of rotatable bonds is 7. The molecule has 0 unspecified atom stereocenters. The van der Waals surface area contributed by atoms with E-state index in [4.69, 9.17) is 4.74 Å². The molecule has 0 atom stereocenters. The zero-order valence-corrected chi connectivity index (χ0v) is 13.7. The Morgan fingerprint density at radius 2 is 1.86 bits per heavy atom. The molecule has 0 bridgehead atoms. The van der Waals surface area contributed by atoms with Gasteiger partial charge in [0.05, 0.1) is 13.2 Å². The van der Waals surface area contributed by atoms with Gasteiger partial charge in [0.15, 0.2) is 5.96 Å². The lowest BCUT2D eigenvalue weighted by atomic mass is 10.1. The first-order valence-corrected chi connectivity index (χ1v) is 7.19. The predicted molar refractivity (Wildman–Crippen MR) is 83.1 cm³/mol. The fraction of sp³-hybridized carbons (Fsp3) is 0.786. The number of nitrogens with one attached hydrogen (secondary N) is 3. The maximum Gasteiger partial charge on any atom is 0.305 e. The van der Waals surface area contributed by atoms with Crippen molar-refractivity contribution in [1.29, 1.82) is 0 Å². The van der Waals surface area contributed by atoms with Crippen molar-refractivity contribution in [1.82, 2.24) is 16.0 Å². The first-order chi connectivity index (χ1) is 9.78. The molecular formula is C14H28N4O3. The van der Waals surface area contributed by atoms with Gasteiger partial charge in [-0.3, -0.25) is 14.6 Å². The zero-order valence-electron chi connectivity index (χ0n) is 13.7. The Hall–Kier alpha value is -1.79. The van der Waals surface area contributed by atoms with Crippen LogP contribution in [0.2, 0.25) is 0 Å². The van der Waals surface area contributed by atoms with Crippen LogP contribution < -0.4 is 16.0 Å². The monoisotopic (exact) mass is 300 g/mol. The van der Waals surface area contributed by atoms with Gasteiger partial charge < -0.3 is 20.7 Å². The second-order valence-corrected chi connectivity index (χ2v) is 5.56. The molecule has 0 aliphatic rings. The molecule has 0 fully saturated rings. The molecule has 0 spiro atoms. The van der Waals surface area contributed by atoms with Crippen molar-refractivity contribution in [2.24, 2.45) is 4.99 Å². The van der Waals surface area contributed by atoms with Crippen LogP contribution >= 0.6 is 0 Å². The fourth-order valence-corrected chi connectivity index (χ4v) is 1.52. The van der Waals surface area contributed by atoms with Crippen LogP contribution in [0.5, 0.6) is 0 Å². The molecular weight excluding hydrogens is 272 g/mol. The van der Waals surface area contributed by atoms with Crippen LogP contribution in [-0.2, 0) is 14.3 Å². The van der Waals surface area contributed by atoms with Crippen LogP contribution in [-0.4, -0.2) is 50.1 Å². The standard InChI is InChI=1S/C14H28N4O3/c1-6-21-12(20)8-7-9-16-13(15-5)17-10-11(19)18-14(2,3)4/h6-10H2,1-5H3,(H,18,19)(H2,15,16,17). The van der Waals surface area contributed by atoms with Gasteiger partial charge in [0, 0.05) is 25.6 Å². The molecule has 0 saturated heterocycles. The first-order valence-electron chi connectivity index (χ1n) is 7.19. The second kappa shape index (κ2) is 10.0. The molecule has 0 aliphatic heterocycles.